The molecule has 1 rings (SSSR count). The van der Waals surface area contributed by atoms with Crippen molar-refractivity contribution in [3.05, 3.63) is 23.8 Å². The van der Waals surface area contributed by atoms with Crippen molar-refractivity contribution >= 4 is 15.8 Å². The van der Waals surface area contributed by atoms with Gasteiger partial charge >= 0.3 is 5.97 Å². The van der Waals surface area contributed by atoms with Gasteiger partial charge in [0.25, 0.3) is 0 Å². The first-order valence-electron chi connectivity index (χ1n) is 6.14. The van der Waals surface area contributed by atoms with E-state index in [0.717, 1.165) is 0 Å². The Bertz CT molecular complexity index is 564. The van der Waals surface area contributed by atoms with Crippen LogP contribution in [0.5, 0.6) is 11.5 Å². The third-order valence-electron chi connectivity index (χ3n) is 2.41. The molecular formula is C13H18O6S. The molecule has 112 valence electrons. The Labute approximate surface area is 118 Å². The van der Waals surface area contributed by atoms with Crippen LogP contribution in [0, 0.1) is 0 Å². The molecule has 1 aromatic rings. The summed E-state index contributed by atoms with van der Waals surface area (Å²) in [5, 5.41) is 8.91. The highest BCUT2D eigenvalue weighted by Crippen LogP contribution is 2.28. The molecule has 7 heteroatoms. The van der Waals surface area contributed by atoms with Crippen molar-refractivity contribution < 1.29 is 27.8 Å². The van der Waals surface area contributed by atoms with Crippen LogP contribution >= 0.6 is 0 Å². The van der Waals surface area contributed by atoms with Crippen molar-refractivity contribution in [1.29, 1.82) is 0 Å². The maximum absolute atomic E-state index is 11.0. The van der Waals surface area contributed by atoms with E-state index >= 15 is 0 Å². The van der Waals surface area contributed by atoms with Crippen molar-refractivity contribution in [3.8, 4) is 11.5 Å². The van der Waals surface area contributed by atoms with Crippen LogP contribution in [0.25, 0.3) is 0 Å². The van der Waals surface area contributed by atoms with Crippen LogP contribution in [0.15, 0.2) is 18.2 Å². The first-order valence-corrected chi connectivity index (χ1v) is 8.20. The zero-order valence-corrected chi connectivity index (χ0v) is 12.3. The Morgan fingerprint density at radius 3 is 2.50 bits per heavy atom. The van der Waals surface area contributed by atoms with Crippen molar-refractivity contribution in [3.63, 3.8) is 0 Å². The van der Waals surface area contributed by atoms with Crippen molar-refractivity contribution in [2.75, 3.05) is 25.2 Å². The molecule has 0 aliphatic carbocycles. The van der Waals surface area contributed by atoms with Crippen molar-refractivity contribution in [1.82, 2.24) is 0 Å². The van der Waals surface area contributed by atoms with Gasteiger partial charge in [0.2, 0.25) is 0 Å². The summed E-state index contributed by atoms with van der Waals surface area (Å²) in [5.41, 5.74) is 0.108. The fourth-order valence-corrected chi connectivity index (χ4v) is 2.17. The Morgan fingerprint density at radius 2 is 1.95 bits per heavy atom. The normalized spacial score (nSPS) is 11.1. The fourth-order valence-electron chi connectivity index (χ4n) is 1.53. The molecule has 1 aromatic carbocycles. The van der Waals surface area contributed by atoms with Crippen molar-refractivity contribution in [2.45, 2.75) is 13.3 Å². The molecule has 6 nitrogen and oxygen atoms in total. The minimum atomic E-state index is -3.01. The van der Waals surface area contributed by atoms with Crippen LogP contribution < -0.4 is 9.47 Å². The van der Waals surface area contributed by atoms with E-state index in [0.29, 0.717) is 24.5 Å². The number of carboxylic acids is 1. The van der Waals surface area contributed by atoms with Gasteiger partial charge in [-0.3, -0.25) is 0 Å². The Kier molecular flexibility index (Phi) is 5.82. The minimum Gasteiger partial charge on any atom is -0.490 e. The molecule has 0 saturated heterocycles. The standard InChI is InChI=1S/C13H18O6S/c1-3-18-12-9-10(13(14)15)5-6-11(12)19-7-4-8-20(2,16)17/h5-6,9H,3-4,7-8H2,1-2H3,(H,14,15). The van der Waals surface area contributed by atoms with Gasteiger partial charge in [0.05, 0.1) is 24.5 Å². The maximum atomic E-state index is 11.0. The molecule has 0 unspecified atom stereocenters. The first-order chi connectivity index (χ1) is 9.33. The van der Waals surface area contributed by atoms with Gasteiger partial charge in [-0.15, -0.1) is 0 Å². The molecule has 0 spiro atoms. The Morgan fingerprint density at radius 1 is 1.25 bits per heavy atom. The third kappa shape index (κ3) is 5.48. The summed E-state index contributed by atoms with van der Waals surface area (Å²) in [4.78, 5) is 10.9. The highest BCUT2D eigenvalue weighted by molar-refractivity contribution is 7.90. The molecule has 0 aromatic heterocycles. The van der Waals surface area contributed by atoms with Gasteiger partial charge in [-0.1, -0.05) is 0 Å². The number of hydrogen-bond acceptors (Lipinski definition) is 5. The quantitative estimate of drug-likeness (QED) is 0.734. The molecule has 0 heterocycles. The predicted octanol–water partition coefficient (Wildman–Crippen LogP) is 1.60. The monoisotopic (exact) mass is 302 g/mol. The highest BCUT2D eigenvalue weighted by Gasteiger charge is 2.11. The van der Waals surface area contributed by atoms with E-state index in [-0.39, 0.29) is 17.9 Å². The lowest BCUT2D eigenvalue weighted by atomic mass is 10.2. The van der Waals surface area contributed by atoms with Gasteiger partial charge in [0, 0.05) is 6.26 Å². The van der Waals surface area contributed by atoms with Crippen LogP contribution in [0.3, 0.4) is 0 Å². The number of aromatic carboxylic acids is 1. The zero-order chi connectivity index (χ0) is 15.2. The number of benzene rings is 1. The molecule has 0 amide bonds. The summed E-state index contributed by atoms with van der Waals surface area (Å²) in [7, 11) is -3.01. The van der Waals surface area contributed by atoms with Crippen molar-refractivity contribution in [2.24, 2.45) is 0 Å². The third-order valence-corrected chi connectivity index (χ3v) is 3.44. The first kappa shape index (κ1) is 16.3. The molecule has 0 saturated carbocycles. The van der Waals surface area contributed by atoms with Gasteiger partial charge < -0.3 is 14.6 Å². The number of hydrogen-bond donors (Lipinski definition) is 1. The van der Waals surface area contributed by atoms with Crippen LogP contribution in [0.1, 0.15) is 23.7 Å². The maximum Gasteiger partial charge on any atom is 0.335 e. The topological polar surface area (TPSA) is 89.9 Å². The summed E-state index contributed by atoms with van der Waals surface area (Å²) in [6.45, 7) is 2.38. The average molecular weight is 302 g/mol. The second kappa shape index (κ2) is 7.14. The molecule has 0 fully saturated rings. The number of carbonyl (C=O) groups is 1. The van der Waals surface area contributed by atoms with E-state index in [1.165, 1.54) is 24.5 Å². The van der Waals surface area contributed by atoms with Gasteiger partial charge in [-0.2, -0.15) is 0 Å². The Hall–Kier alpha value is -1.76. The smallest absolute Gasteiger partial charge is 0.335 e. The van der Waals surface area contributed by atoms with Gasteiger partial charge in [-0.05, 0) is 31.5 Å². The second-order valence-electron chi connectivity index (χ2n) is 4.23. The lowest BCUT2D eigenvalue weighted by molar-refractivity contribution is 0.0696. The number of rotatable bonds is 8. The van der Waals surface area contributed by atoms with Gasteiger partial charge in [0.1, 0.15) is 9.84 Å². The molecule has 0 aliphatic heterocycles. The van der Waals surface area contributed by atoms with Crippen LogP contribution in [-0.2, 0) is 9.84 Å². The SMILES string of the molecule is CCOc1cc(C(=O)O)ccc1OCCCS(C)(=O)=O. The minimum absolute atomic E-state index is 0.0458. The largest absolute Gasteiger partial charge is 0.490 e. The van der Waals surface area contributed by atoms with E-state index in [9.17, 15) is 13.2 Å². The van der Waals surface area contributed by atoms with E-state index in [2.05, 4.69) is 0 Å². The lowest BCUT2D eigenvalue weighted by Gasteiger charge is -2.12. The fraction of sp³-hybridized carbons (Fsp3) is 0.462. The highest BCUT2D eigenvalue weighted by atomic mass is 32.2. The summed E-state index contributed by atoms with van der Waals surface area (Å²) < 4.78 is 32.7. The molecule has 0 atom stereocenters. The molecule has 1 N–H and O–H groups in total. The molecule has 20 heavy (non-hydrogen) atoms. The van der Waals surface area contributed by atoms with Gasteiger partial charge in [0.15, 0.2) is 11.5 Å². The van der Waals surface area contributed by atoms with Crippen LogP contribution in [-0.4, -0.2) is 44.7 Å². The molecule has 0 radical (unpaired) electrons. The summed E-state index contributed by atoms with van der Waals surface area (Å²) in [5.74, 6) is -0.254. The van der Waals surface area contributed by atoms with E-state index < -0.39 is 15.8 Å². The van der Waals surface area contributed by atoms with Crippen LogP contribution in [0.2, 0.25) is 0 Å². The number of ether oxygens (including phenoxy) is 2. The zero-order valence-electron chi connectivity index (χ0n) is 11.5. The van der Waals surface area contributed by atoms with Gasteiger partial charge in [-0.25, -0.2) is 13.2 Å². The van der Waals surface area contributed by atoms with E-state index in [4.69, 9.17) is 14.6 Å². The number of carboxylic acid groups (broad SMARTS) is 1. The van der Waals surface area contributed by atoms with E-state index in [1.54, 1.807) is 6.92 Å². The molecular weight excluding hydrogens is 284 g/mol. The molecule has 0 bridgehead atoms. The summed E-state index contributed by atoms with van der Waals surface area (Å²) >= 11 is 0. The summed E-state index contributed by atoms with van der Waals surface area (Å²) in [6, 6.07) is 4.31. The average Bonchev–Trinajstić information content (AvgIpc) is 2.35. The number of sulfone groups is 1. The lowest BCUT2D eigenvalue weighted by Crippen LogP contribution is -2.09. The second-order valence-corrected chi connectivity index (χ2v) is 6.49. The summed E-state index contributed by atoms with van der Waals surface area (Å²) in [6.07, 6.45) is 1.53. The predicted molar refractivity (Wildman–Crippen MR) is 74.4 cm³/mol. The van der Waals surface area contributed by atoms with Crippen LogP contribution in [0.4, 0.5) is 0 Å². The van der Waals surface area contributed by atoms with E-state index in [1.807, 2.05) is 0 Å². The Balaban J connectivity index is 2.71. The molecule has 0 aliphatic rings.